The predicted molar refractivity (Wildman–Crippen MR) is 122 cm³/mol. The summed E-state index contributed by atoms with van der Waals surface area (Å²) in [5.41, 5.74) is 4.87. The minimum atomic E-state index is -1.05. The van der Waals surface area contributed by atoms with Gasteiger partial charge in [0.2, 0.25) is 11.6 Å². The fraction of sp³-hybridized carbons (Fsp3) is 0.130. The van der Waals surface area contributed by atoms with E-state index < -0.39 is 5.97 Å². The Balaban J connectivity index is 1.41. The second-order valence-corrected chi connectivity index (χ2v) is 7.40. The van der Waals surface area contributed by atoms with Crippen molar-refractivity contribution in [1.82, 2.24) is 35.0 Å². The number of imidazole rings is 1. The number of aromatic amines is 1. The van der Waals surface area contributed by atoms with Crippen LogP contribution in [0.3, 0.4) is 0 Å². The van der Waals surface area contributed by atoms with Gasteiger partial charge >= 0.3 is 5.97 Å². The van der Waals surface area contributed by atoms with E-state index in [4.69, 9.17) is 0 Å². The average molecular weight is 440 g/mol. The largest absolute Gasteiger partial charge is 0.477 e. The molecule has 3 aromatic heterocycles. The van der Waals surface area contributed by atoms with Crippen LogP contribution in [-0.2, 0) is 13.0 Å². The van der Waals surface area contributed by atoms with Gasteiger partial charge in [-0.05, 0) is 28.3 Å². The maximum absolute atomic E-state index is 11.6. The molecule has 164 valence electrons. The summed E-state index contributed by atoms with van der Waals surface area (Å²) >= 11 is 0. The van der Waals surface area contributed by atoms with E-state index in [9.17, 15) is 9.90 Å². The van der Waals surface area contributed by atoms with Gasteiger partial charge in [0, 0.05) is 23.9 Å². The van der Waals surface area contributed by atoms with Gasteiger partial charge < -0.3 is 10.4 Å². The fourth-order valence-corrected chi connectivity index (χ4v) is 3.70. The summed E-state index contributed by atoms with van der Waals surface area (Å²) in [6, 6.07) is 17.9. The third-order valence-corrected chi connectivity index (χ3v) is 5.36. The van der Waals surface area contributed by atoms with Crippen molar-refractivity contribution < 1.29 is 9.90 Å². The highest BCUT2D eigenvalue weighted by molar-refractivity contribution is 5.87. The maximum atomic E-state index is 11.6. The van der Waals surface area contributed by atoms with Crippen molar-refractivity contribution in [3.05, 3.63) is 77.7 Å². The summed E-state index contributed by atoms with van der Waals surface area (Å²) in [6.45, 7) is 2.50. The number of carboxylic acid groups (broad SMARTS) is 1. The number of benzene rings is 2. The van der Waals surface area contributed by atoms with Crippen molar-refractivity contribution >= 4 is 17.6 Å². The second-order valence-electron chi connectivity index (χ2n) is 7.40. The van der Waals surface area contributed by atoms with Crippen LogP contribution in [0.15, 0.2) is 60.8 Å². The normalized spacial score (nSPS) is 11.1. The van der Waals surface area contributed by atoms with E-state index in [0.717, 1.165) is 34.4 Å². The zero-order valence-corrected chi connectivity index (χ0v) is 17.7. The molecule has 0 aliphatic rings. The van der Waals surface area contributed by atoms with E-state index in [-0.39, 0.29) is 5.69 Å². The first kappa shape index (κ1) is 20.3. The molecule has 3 heterocycles. The summed E-state index contributed by atoms with van der Waals surface area (Å²) in [4.78, 5) is 20.2. The molecule has 10 heteroatoms. The second kappa shape index (κ2) is 8.50. The topological polar surface area (TPSA) is 134 Å². The first-order chi connectivity index (χ1) is 16.1. The van der Waals surface area contributed by atoms with Crippen molar-refractivity contribution in [2.45, 2.75) is 19.9 Å². The Morgan fingerprint density at radius 1 is 1.12 bits per heavy atom. The number of tetrazole rings is 1. The van der Waals surface area contributed by atoms with Crippen LogP contribution in [0.25, 0.3) is 28.3 Å². The Morgan fingerprint density at radius 3 is 2.61 bits per heavy atom. The molecular weight excluding hydrogens is 420 g/mol. The van der Waals surface area contributed by atoms with Crippen molar-refractivity contribution in [3.63, 3.8) is 0 Å². The monoisotopic (exact) mass is 440 g/mol. The average Bonchev–Trinajstić information content (AvgIpc) is 3.53. The summed E-state index contributed by atoms with van der Waals surface area (Å²) in [7, 11) is 0. The minimum absolute atomic E-state index is 0.0658. The van der Waals surface area contributed by atoms with E-state index in [1.807, 2.05) is 61.5 Å². The number of anilines is 1. The van der Waals surface area contributed by atoms with Crippen LogP contribution in [0.1, 0.15) is 28.7 Å². The Hall–Kier alpha value is -4.60. The highest BCUT2D eigenvalue weighted by atomic mass is 16.4. The van der Waals surface area contributed by atoms with Crippen LogP contribution in [0.5, 0.6) is 0 Å². The third kappa shape index (κ3) is 3.89. The number of carbonyl (C=O) groups is 1. The molecule has 10 nitrogen and oxygen atoms in total. The van der Waals surface area contributed by atoms with Gasteiger partial charge in [0.15, 0.2) is 5.69 Å². The number of nitrogens with one attached hydrogen (secondary N) is 2. The van der Waals surface area contributed by atoms with Gasteiger partial charge in [-0.25, -0.2) is 14.8 Å². The standard InChI is InChI=1S/C23H20N8O2/c1-2-16-11-20(31-19(22(32)33)13-25-23(31)26-16)24-12-14-7-9-15(10-8-14)17-5-3-4-6-18(17)21-27-29-30-28-21/h3-11,13,24H,2,12H2,1H3,(H,32,33)(H,27,28,29,30). The number of fused-ring (bicyclic) bond motifs is 1. The summed E-state index contributed by atoms with van der Waals surface area (Å²) in [6.07, 6.45) is 2.04. The number of H-pyrrole nitrogens is 1. The summed E-state index contributed by atoms with van der Waals surface area (Å²) < 4.78 is 1.52. The van der Waals surface area contributed by atoms with E-state index in [0.29, 0.717) is 24.0 Å². The van der Waals surface area contributed by atoms with Crippen molar-refractivity contribution in [1.29, 1.82) is 0 Å². The first-order valence-electron chi connectivity index (χ1n) is 10.4. The van der Waals surface area contributed by atoms with Gasteiger partial charge in [0.25, 0.3) is 0 Å². The molecule has 33 heavy (non-hydrogen) atoms. The van der Waals surface area contributed by atoms with Crippen LogP contribution >= 0.6 is 0 Å². The smallest absolute Gasteiger partial charge is 0.354 e. The van der Waals surface area contributed by atoms with Gasteiger partial charge in [-0.1, -0.05) is 55.5 Å². The molecular formula is C23H20N8O2. The fourth-order valence-electron chi connectivity index (χ4n) is 3.70. The SMILES string of the molecule is CCc1cc(NCc2ccc(-c3ccccc3-c3nn[nH]n3)cc2)n2c(C(=O)O)cnc2n1. The number of hydrogen-bond donors (Lipinski definition) is 3. The van der Waals surface area contributed by atoms with E-state index in [1.165, 1.54) is 10.6 Å². The molecule has 0 saturated carbocycles. The van der Waals surface area contributed by atoms with Crippen LogP contribution in [0.2, 0.25) is 0 Å². The zero-order chi connectivity index (χ0) is 22.8. The minimum Gasteiger partial charge on any atom is -0.477 e. The number of hydrogen-bond acceptors (Lipinski definition) is 7. The zero-order valence-electron chi connectivity index (χ0n) is 17.7. The van der Waals surface area contributed by atoms with Gasteiger partial charge in [-0.15, -0.1) is 10.2 Å². The number of carboxylic acids is 1. The molecule has 0 bridgehead atoms. The molecule has 0 amide bonds. The highest BCUT2D eigenvalue weighted by Crippen LogP contribution is 2.29. The van der Waals surface area contributed by atoms with Crippen LogP contribution in [0.4, 0.5) is 5.82 Å². The molecule has 0 aliphatic carbocycles. The quantitative estimate of drug-likeness (QED) is 0.350. The molecule has 0 atom stereocenters. The van der Waals surface area contributed by atoms with Gasteiger partial charge in [0.05, 0.1) is 6.20 Å². The molecule has 0 fully saturated rings. The van der Waals surface area contributed by atoms with Crippen molar-refractivity contribution in [2.24, 2.45) is 0 Å². The number of aryl methyl sites for hydroxylation is 1. The Bertz CT molecular complexity index is 1430. The van der Waals surface area contributed by atoms with Crippen LogP contribution in [0, 0.1) is 0 Å². The number of rotatable bonds is 7. The maximum Gasteiger partial charge on any atom is 0.354 e. The third-order valence-electron chi connectivity index (χ3n) is 5.36. The predicted octanol–water partition coefficient (Wildman–Crippen LogP) is 3.45. The number of aromatic nitrogens is 7. The lowest BCUT2D eigenvalue weighted by molar-refractivity contribution is 0.0689. The molecule has 2 aromatic carbocycles. The van der Waals surface area contributed by atoms with Gasteiger partial charge in [-0.2, -0.15) is 5.21 Å². The lowest BCUT2D eigenvalue weighted by atomic mass is 9.98. The van der Waals surface area contributed by atoms with Crippen molar-refractivity contribution in [2.75, 3.05) is 5.32 Å². The van der Waals surface area contributed by atoms with E-state index >= 15 is 0 Å². The van der Waals surface area contributed by atoms with E-state index in [2.05, 4.69) is 35.9 Å². The molecule has 0 saturated heterocycles. The molecule has 3 N–H and O–H groups in total. The van der Waals surface area contributed by atoms with Crippen molar-refractivity contribution in [3.8, 4) is 22.5 Å². The summed E-state index contributed by atoms with van der Waals surface area (Å²) in [5.74, 6) is 0.488. The lowest BCUT2D eigenvalue weighted by Crippen LogP contribution is -2.10. The van der Waals surface area contributed by atoms with Crippen LogP contribution < -0.4 is 5.32 Å². The van der Waals surface area contributed by atoms with E-state index in [1.54, 1.807) is 0 Å². The molecule has 0 aliphatic heterocycles. The molecule has 0 spiro atoms. The Kier molecular flexibility index (Phi) is 5.23. The molecule has 5 aromatic rings. The Morgan fingerprint density at radius 2 is 1.91 bits per heavy atom. The van der Waals surface area contributed by atoms with Gasteiger partial charge in [0.1, 0.15) is 5.82 Å². The number of nitrogens with zero attached hydrogens (tertiary/aromatic N) is 6. The van der Waals surface area contributed by atoms with Gasteiger partial charge in [-0.3, -0.25) is 4.40 Å². The highest BCUT2D eigenvalue weighted by Gasteiger charge is 2.16. The number of aromatic carboxylic acids is 1. The lowest BCUT2D eigenvalue weighted by Gasteiger charge is -2.12. The Labute approximate surface area is 188 Å². The molecule has 5 rings (SSSR count). The molecule has 0 unspecified atom stereocenters. The molecule has 0 radical (unpaired) electrons. The summed E-state index contributed by atoms with van der Waals surface area (Å²) in [5, 5.41) is 27.2. The van der Waals surface area contributed by atoms with Crippen LogP contribution in [-0.4, -0.2) is 46.1 Å². The first-order valence-corrected chi connectivity index (χ1v) is 10.4.